The summed E-state index contributed by atoms with van der Waals surface area (Å²) in [5, 5.41) is 11.3. The fourth-order valence-electron chi connectivity index (χ4n) is 1.80. The zero-order chi connectivity index (χ0) is 16.7. The lowest BCUT2D eigenvalue weighted by atomic mass is 10.1. The Hall–Kier alpha value is -2.48. The van der Waals surface area contributed by atoms with Gasteiger partial charge in [0.05, 0.1) is 39.9 Å². The summed E-state index contributed by atoms with van der Waals surface area (Å²) in [6.07, 6.45) is -0.309. The first-order chi connectivity index (χ1) is 10.4. The minimum absolute atomic E-state index is 0.113. The van der Waals surface area contributed by atoms with E-state index in [9.17, 15) is 9.59 Å². The summed E-state index contributed by atoms with van der Waals surface area (Å²) in [5.74, 6) is -0.181. The van der Waals surface area contributed by atoms with E-state index >= 15 is 0 Å². The van der Waals surface area contributed by atoms with Crippen LogP contribution in [-0.4, -0.2) is 44.4 Å². The number of benzene rings is 1. The predicted molar refractivity (Wildman–Crippen MR) is 78.2 cm³/mol. The molecule has 4 N–H and O–H groups in total. The number of amides is 1. The second kappa shape index (κ2) is 8.08. The van der Waals surface area contributed by atoms with Gasteiger partial charge in [-0.05, 0) is 0 Å². The number of carboxylic acid groups (broad SMARTS) is 1. The van der Waals surface area contributed by atoms with Crippen LogP contribution in [0.15, 0.2) is 12.1 Å². The van der Waals surface area contributed by atoms with E-state index in [-0.39, 0.29) is 13.0 Å². The number of aliphatic carboxylic acids is 1. The average molecular weight is 312 g/mol. The third kappa shape index (κ3) is 4.52. The maximum Gasteiger partial charge on any atom is 0.321 e. The molecule has 0 spiro atoms. The molecule has 0 aromatic heterocycles. The monoisotopic (exact) mass is 312 g/mol. The average Bonchev–Trinajstić information content (AvgIpc) is 2.51. The Bertz CT molecular complexity index is 521. The molecule has 8 heteroatoms. The van der Waals surface area contributed by atoms with Crippen LogP contribution in [0, 0.1) is 0 Å². The van der Waals surface area contributed by atoms with Crippen LogP contribution in [-0.2, 0) is 16.1 Å². The molecule has 0 aliphatic carbocycles. The number of rotatable bonds is 8. The molecule has 1 aromatic carbocycles. The minimum atomic E-state index is -1.24. The summed E-state index contributed by atoms with van der Waals surface area (Å²) in [5.41, 5.74) is 5.92. The molecule has 1 amide bonds. The van der Waals surface area contributed by atoms with Gasteiger partial charge in [-0.15, -0.1) is 0 Å². The number of carbonyl (C=O) groups excluding carboxylic acids is 1. The van der Waals surface area contributed by atoms with Gasteiger partial charge in [0.15, 0.2) is 0 Å². The van der Waals surface area contributed by atoms with Crippen molar-refractivity contribution < 1.29 is 28.9 Å². The quantitative estimate of drug-likeness (QED) is 0.624. The number of methoxy groups -OCH3 is 3. The number of carbonyl (C=O) groups is 2. The van der Waals surface area contributed by atoms with Crippen LogP contribution >= 0.6 is 0 Å². The molecule has 0 saturated carbocycles. The molecular weight excluding hydrogens is 292 g/mol. The lowest BCUT2D eigenvalue weighted by Crippen LogP contribution is -2.36. The molecule has 1 aromatic rings. The van der Waals surface area contributed by atoms with Gasteiger partial charge in [0.2, 0.25) is 5.91 Å². The summed E-state index contributed by atoms with van der Waals surface area (Å²) in [6.45, 7) is 0.113. The van der Waals surface area contributed by atoms with Crippen molar-refractivity contribution in [2.24, 2.45) is 5.73 Å². The molecule has 22 heavy (non-hydrogen) atoms. The molecule has 0 saturated heterocycles. The van der Waals surface area contributed by atoms with Crippen molar-refractivity contribution in [3.8, 4) is 17.2 Å². The minimum Gasteiger partial charge on any atom is -0.496 e. The lowest BCUT2D eigenvalue weighted by molar-refractivity contribution is -0.140. The van der Waals surface area contributed by atoms with Gasteiger partial charge >= 0.3 is 5.97 Å². The normalized spacial score (nSPS) is 11.5. The molecule has 122 valence electrons. The standard InChI is InChI=1S/C14H20N2O6/c1-20-8-4-11(21-2)9(12(5-8)22-3)7-16-13(17)6-10(15)14(18)19/h4-5,10H,6-7,15H2,1-3H3,(H,16,17)(H,18,19)/t10-/m0/s1. The first-order valence-electron chi connectivity index (χ1n) is 6.46. The fourth-order valence-corrected chi connectivity index (χ4v) is 1.80. The third-order valence-electron chi connectivity index (χ3n) is 3.00. The van der Waals surface area contributed by atoms with Gasteiger partial charge in [-0.25, -0.2) is 0 Å². The molecule has 1 rings (SSSR count). The molecule has 0 heterocycles. The Morgan fingerprint density at radius 2 is 1.73 bits per heavy atom. The van der Waals surface area contributed by atoms with E-state index in [1.165, 1.54) is 21.3 Å². The van der Waals surface area contributed by atoms with E-state index < -0.39 is 17.9 Å². The molecule has 0 aliphatic rings. The molecule has 0 fully saturated rings. The van der Waals surface area contributed by atoms with Gasteiger partial charge in [-0.2, -0.15) is 0 Å². The third-order valence-corrected chi connectivity index (χ3v) is 3.00. The van der Waals surface area contributed by atoms with Crippen LogP contribution in [0.3, 0.4) is 0 Å². The van der Waals surface area contributed by atoms with Crippen molar-refractivity contribution in [1.29, 1.82) is 0 Å². The van der Waals surface area contributed by atoms with Crippen LogP contribution in [0.4, 0.5) is 0 Å². The number of nitrogens with one attached hydrogen (secondary N) is 1. The van der Waals surface area contributed by atoms with E-state index in [1.54, 1.807) is 12.1 Å². The van der Waals surface area contributed by atoms with Crippen molar-refractivity contribution in [2.75, 3.05) is 21.3 Å². The SMILES string of the molecule is COc1cc(OC)c(CNC(=O)C[C@H](N)C(=O)O)c(OC)c1. The van der Waals surface area contributed by atoms with E-state index in [2.05, 4.69) is 5.32 Å². The summed E-state index contributed by atoms with van der Waals surface area (Å²) in [6, 6.07) is 2.08. The molecule has 1 atom stereocenters. The van der Waals surface area contributed by atoms with Gasteiger partial charge in [-0.1, -0.05) is 0 Å². The number of nitrogens with two attached hydrogens (primary N) is 1. The van der Waals surface area contributed by atoms with Crippen molar-refractivity contribution in [1.82, 2.24) is 5.32 Å². The Morgan fingerprint density at radius 3 is 2.14 bits per heavy atom. The largest absolute Gasteiger partial charge is 0.496 e. The second-order valence-corrected chi connectivity index (χ2v) is 4.44. The second-order valence-electron chi connectivity index (χ2n) is 4.44. The van der Waals surface area contributed by atoms with Crippen molar-refractivity contribution in [3.05, 3.63) is 17.7 Å². The van der Waals surface area contributed by atoms with E-state index in [4.69, 9.17) is 25.1 Å². The van der Waals surface area contributed by atoms with Crippen molar-refractivity contribution >= 4 is 11.9 Å². The number of carboxylic acids is 1. The Kier molecular flexibility index (Phi) is 6.46. The molecule has 0 bridgehead atoms. The summed E-state index contributed by atoms with van der Waals surface area (Å²) >= 11 is 0. The number of hydrogen-bond donors (Lipinski definition) is 3. The maximum atomic E-state index is 11.7. The highest BCUT2D eigenvalue weighted by molar-refractivity contribution is 5.84. The predicted octanol–water partition coefficient (Wildman–Crippen LogP) is 0.131. The zero-order valence-corrected chi connectivity index (χ0v) is 12.7. The van der Waals surface area contributed by atoms with Gasteiger partial charge in [0.1, 0.15) is 23.3 Å². The van der Waals surface area contributed by atoms with Crippen LogP contribution in [0.2, 0.25) is 0 Å². The lowest BCUT2D eigenvalue weighted by Gasteiger charge is -2.16. The Labute approximate surface area is 128 Å². The molecule has 0 aliphatic heterocycles. The highest BCUT2D eigenvalue weighted by Gasteiger charge is 2.18. The summed E-state index contributed by atoms with van der Waals surface area (Å²) in [7, 11) is 4.49. The Balaban J connectivity index is 2.84. The molecular formula is C14H20N2O6. The first kappa shape index (κ1) is 17.6. The molecule has 0 unspecified atom stereocenters. The van der Waals surface area contributed by atoms with E-state index in [1.807, 2.05) is 0 Å². The van der Waals surface area contributed by atoms with E-state index in [0.29, 0.717) is 22.8 Å². The number of hydrogen-bond acceptors (Lipinski definition) is 6. The number of ether oxygens (including phenoxy) is 3. The van der Waals surface area contributed by atoms with Gasteiger partial charge in [-0.3, -0.25) is 9.59 Å². The van der Waals surface area contributed by atoms with E-state index in [0.717, 1.165) is 0 Å². The Morgan fingerprint density at radius 1 is 1.18 bits per heavy atom. The van der Waals surface area contributed by atoms with Gasteiger partial charge < -0.3 is 30.4 Å². The van der Waals surface area contributed by atoms with Crippen LogP contribution in [0.1, 0.15) is 12.0 Å². The highest BCUT2D eigenvalue weighted by Crippen LogP contribution is 2.33. The zero-order valence-electron chi connectivity index (χ0n) is 12.7. The summed E-state index contributed by atoms with van der Waals surface area (Å²) < 4.78 is 15.6. The van der Waals surface area contributed by atoms with Gasteiger partial charge in [0.25, 0.3) is 0 Å². The molecule has 0 radical (unpaired) electrons. The topological polar surface area (TPSA) is 120 Å². The summed E-state index contributed by atoms with van der Waals surface area (Å²) in [4.78, 5) is 22.3. The highest BCUT2D eigenvalue weighted by atomic mass is 16.5. The smallest absolute Gasteiger partial charge is 0.321 e. The van der Waals surface area contributed by atoms with Crippen LogP contribution in [0.5, 0.6) is 17.2 Å². The first-order valence-corrected chi connectivity index (χ1v) is 6.46. The molecule has 8 nitrogen and oxygen atoms in total. The van der Waals surface area contributed by atoms with Crippen molar-refractivity contribution in [2.45, 2.75) is 19.0 Å². The fraction of sp³-hybridized carbons (Fsp3) is 0.429. The van der Waals surface area contributed by atoms with Crippen molar-refractivity contribution in [3.63, 3.8) is 0 Å². The maximum absolute atomic E-state index is 11.7. The van der Waals surface area contributed by atoms with Crippen LogP contribution in [0.25, 0.3) is 0 Å². The van der Waals surface area contributed by atoms with Gasteiger partial charge in [0, 0.05) is 12.1 Å². The van der Waals surface area contributed by atoms with Crippen LogP contribution < -0.4 is 25.3 Å².